The van der Waals surface area contributed by atoms with Crippen molar-refractivity contribution in [2.45, 2.75) is 32.4 Å². The Morgan fingerprint density at radius 3 is 2.26 bits per heavy atom. The molecule has 4 N–H and O–H groups in total. The number of carbonyl (C=O) groups excluding carboxylic acids is 3. The highest BCUT2D eigenvalue weighted by molar-refractivity contribution is 6.32. The first-order chi connectivity index (χ1) is 25.8. The van der Waals surface area contributed by atoms with E-state index in [9.17, 15) is 27.6 Å². The maximum absolute atomic E-state index is 14.3. The van der Waals surface area contributed by atoms with Crippen molar-refractivity contribution in [2.24, 2.45) is 0 Å². The summed E-state index contributed by atoms with van der Waals surface area (Å²) in [6, 6.07) is 14.0. The van der Waals surface area contributed by atoms with Gasteiger partial charge in [-0.1, -0.05) is 31.2 Å². The number of ether oxygens (including phenoxy) is 1. The quantitative estimate of drug-likeness (QED) is 0.0860. The third kappa shape index (κ3) is 9.33. The van der Waals surface area contributed by atoms with Crippen molar-refractivity contribution in [3.05, 3.63) is 101 Å². The number of alkyl halides is 3. The van der Waals surface area contributed by atoms with Gasteiger partial charge in [0.05, 0.1) is 18.2 Å². The molecule has 0 spiro atoms. The normalized spacial score (nSPS) is 13.5. The summed E-state index contributed by atoms with van der Waals surface area (Å²) >= 11 is 6.80. The maximum Gasteiger partial charge on any atom is 0.432 e. The molecule has 5 rings (SSSR count). The molecule has 1 fully saturated rings. The molecular formula is C38H38ClF3N8O4. The van der Waals surface area contributed by atoms with Gasteiger partial charge in [-0.15, -0.1) is 0 Å². The van der Waals surface area contributed by atoms with Crippen LogP contribution in [0.3, 0.4) is 0 Å². The minimum atomic E-state index is -5.03. The summed E-state index contributed by atoms with van der Waals surface area (Å²) in [7, 11) is 1.42. The Bertz CT molecular complexity index is 2100. The fraction of sp³-hybridized carbons (Fsp3) is 0.263. The molecule has 0 saturated carbocycles. The highest BCUT2D eigenvalue weighted by Gasteiger charge is 2.38. The average Bonchev–Trinajstić information content (AvgIpc) is 3.17. The second-order valence-electron chi connectivity index (χ2n) is 12.2. The number of anilines is 4. The van der Waals surface area contributed by atoms with Crippen LogP contribution in [0.5, 0.6) is 5.75 Å². The van der Waals surface area contributed by atoms with Crippen LogP contribution >= 0.6 is 11.6 Å². The summed E-state index contributed by atoms with van der Waals surface area (Å²) in [5.74, 6) is -0.524. The molecule has 54 heavy (non-hydrogen) atoms. The molecule has 0 bridgehead atoms. The Morgan fingerprint density at radius 2 is 1.63 bits per heavy atom. The highest BCUT2D eigenvalue weighted by Crippen LogP contribution is 2.33. The van der Waals surface area contributed by atoms with Crippen LogP contribution < -0.4 is 25.6 Å². The molecule has 0 unspecified atom stereocenters. The Kier molecular flexibility index (Phi) is 12.5. The van der Waals surface area contributed by atoms with Crippen molar-refractivity contribution < 1.29 is 32.3 Å². The lowest BCUT2D eigenvalue weighted by atomic mass is 10.0. The molecule has 0 radical (unpaired) electrons. The van der Waals surface area contributed by atoms with Crippen molar-refractivity contribution in [2.75, 3.05) is 54.1 Å². The molecule has 12 nitrogen and oxygen atoms in total. The standard InChI is InChI=1S/C38H38ClF3N8O4/c1-4-33(51)46-26-9-8-23(31(19-26)48-37(53)29(21-43)35(38(40,41)42)47-25-10-12-27(54-3)13-11-25)6-7-24-18-32-28(20-30(24)39)36(45-22-44-32)50-16-14-49(15-17-50)34(52)5-2/h5,8-13,18-22,43,47H,2,4,6-7,14-17H2,1,3H3,(H,46,51)(H,48,53)/b35-29+,43-21?. The topological polar surface area (TPSA) is 153 Å². The van der Waals surface area contributed by atoms with Crippen LogP contribution in [-0.4, -0.2) is 78.3 Å². The van der Waals surface area contributed by atoms with Crippen molar-refractivity contribution >= 4 is 69.3 Å². The van der Waals surface area contributed by atoms with E-state index in [1.807, 2.05) is 6.07 Å². The maximum atomic E-state index is 14.3. The summed E-state index contributed by atoms with van der Waals surface area (Å²) in [6.07, 6.45) is -1.14. The number of aryl methyl sites for hydroxylation is 2. The van der Waals surface area contributed by atoms with E-state index in [0.29, 0.717) is 72.2 Å². The zero-order valence-corrected chi connectivity index (χ0v) is 30.3. The van der Waals surface area contributed by atoms with Gasteiger partial charge in [0.15, 0.2) is 0 Å². The van der Waals surface area contributed by atoms with Gasteiger partial charge < -0.3 is 35.9 Å². The molecule has 4 aromatic rings. The van der Waals surface area contributed by atoms with E-state index >= 15 is 0 Å². The number of aromatic nitrogens is 2. The SMILES string of the molecule is C=CC(=O)N1CCN(c2ncnc3cc(CCc4ccc(NC(=O)CC)cc4NC(=O)/C(C=N)=C(/Nc4ccc(OC)cc4)C(F)(F)F)c(Cl)cc23)CC1. The number of piperazine rings is 1. The van der Waals surface area contributed by atoms with E-state index in [1.165, 1.54) is 49.8 Å². The second kappa shape index (κ2) is 17.2. The molecule has 282 valence electrons. The van der Waals surface area contributed by atoms with Crippen LogP contribution in [0.15, 0.2) is 84.8 Å². The first-order valence-electron chi connectivity index (χ1n) is 16.9. The Morgan fingerprint density at radius 1 is 0.944 bits per heavy atom. The number of nitrogens with zero attached hydrogens (tertiary/aromatic N) is 4. The van der Waals surface area contributed by atoms with Gasteiger partial charge in [-0.3, -0.25) is 14.4 Å². The summed E-state index contributed by atoms with van der Waals surface area (Å²) < 4.78 is 48.1. The number of carbonyl (C=O) groups is 3. The number of amides is 3. The molecule has 0 aliphatic carbocycles. The highest BCUT2D eigenvalue weighted by atomic mass is 35.5. The molecule has 3 amide bonds. The van der Waals surface area contributed by atoms with E-state index in [1.54, 1.807) is 30.0 Å². The minimum Gasteiger partial charge on any atom is -0.497 e. The lowest BCUT2D eigenvalue weighted by Crippen LogP contribution is -2.48. The molecule has 16 heteroatoms. The number of fused-ring (bicyclic) bond motifs is 1. The van der Waals surface area contributed by atoms with E-state index < -0.39 is 23.4 Å². The lowest BCUT2D eigenvalue weighted by molar-refractivity contribution is -0.126. The summed E-state index contributed by atoms with van der Waals surface area (Å²) in [4.78, 5) is 50.5. The van der Waals surface area contributed by atoms with Gasteiger partial charge in [0, 0.05) is 66.3 Å². The number of halogens is 4. The fourth-order valence-corrected chi connectivity index (χ4v) is 6.13. The van der Waals surface area contributed by atoms with Crippen molar-refractivity contribution in [1.29, 1.82) is 5.41 Å². The third-order valence-electron chi connectivity index (χ3n) is 8.78. The number of nitrogens with one attached hydrogen (secondary N) is 4. The van der Waals surface area contributed by atoms with Crippen LogP contribution in [0.2, 0.25) is 5.02 Å². The van der Waals surface area contributed by atoms with Gasteiger partial charge in [-0.2, -0.15) is 13.2 Å². The molecule has 3 aromatic carbocycles. The number of methoxy groups -OCH3 is 1. The van der Waals surface area contributed by atoms with Crippen LogP contribution in [0.25, 0.3) is 10.9 Å². The Labute approximate surface area is 314 Å². The van der Waals surface area contributed by atoms with E-state index in [2.05, 4.69) is 37.4 Å². The third-order valence-corrected chi connectivity index (χ3v) is 9.13. The number of rotatable bonds is 13. The van der Waals surface area contributed by atoms with E-state index in [0.717, 1.165) is 10.9 Å². The molecular weight excluding hydrogens is 725 g/mol. The number of hydrogen-bond donors (Lipinski definition) is 4. The van der Waals surface area contributed by atoms with Gasteiger partial charge in [0.1, 0.15) is 23.6 Å². The van der Waals surface area contributed by atoms with E-state index in [4.69, 9.17) is 21.7 Å². The smallest absolute Gasteiger partial charge is 0.432 e. The first-order valence-corrected chi connectivity index (χ1v) is 17.3. The lowest BCUT2D eigenvalue weighted by Gasteiger charge is -2.35. The zero-order chi connectivity index (χ0) is 39.0. The van der Waals surface area contributed by atoms with Crippen molar-refractivity contribution in [1.82, 2.24) is 14.9 Å². The van der Waals surface area contributed by atoms with Gasteiger partial charge >= 0.3 is 6.18 Å². The monoisotopic (exact) mass is 762 g/mol. The number of hydrogen-bond acceptors (Lipinski definition) is 9. The predicted molar refractivity (Wildman–Crippen MR) is 203 cm³/mol. The van der Waals surface area contributed by atoms with Gasteiger partial charge in [-0.05, 0) is 78.6 Å². The van der Waals surface area contributed by atoms with Gasteiger partial charge in [-0.25, -0.2) is 9.97 Å². The van der Waals surface area contributed by atoms with Crippen molar-refractivity contribution in [3.63, 3.8) is 0 Å². The second-order valence-corrected chi connectivity index (χ2v) is 12.6. The molecule has 0 atom stereocenters. The van der Waals surface area contributed by atoms with Crippen molar-refractivity contribution in [3.8, 4) is 5.75 Å². The number of benzene rings is 3. The summed E-state index contributed by atoms with van der Waals surface area (Å²) in [5, 5.41) is 16.4. The first kappa shape index (κ1) is 39.3. The van der Waals surface area contributed by atoms with E-state index in [-0.39, 0.29) is 36.0 Å². The van der Waals surface area contributed by atoms with Gasteiger partial charge in [0.25, 0.3) is 5.91 Å². The van der Waals surface area contributed by atoms with Crippen LogP contribution in [0.4, 0.5) is 36.1 Å². The molecule has 2 heterocycles. The largest absolute Gasteiger partial charge is 0.497 e. The van der Waals surface area contributed by atoms with Crippen LogP contribution in [0.1, 0.15) is 24.5 Å². The fourth-order valence-electron chi connectivity index (χ4n) is 5.88. The minimum absolute atomic E-state index is 0.0208. The predicted octanol–water partition coefficient (Wildman–Crippen LogP) is 6.78. The van der Waals surface area contributed by atoms with Crippen LogP contribution in [-0.2, 0) is 27.2 Å². The average molecular weight is 763 g/mol. The Balaban J connectivity index is 1.42. The molecule has 1 aliphatic rings. The molecule has 1 aromatic heterocycles. The molecule has 1 aliphatic heterocycles. The molecule has 1 saturated heterocycles. The summed E-state index contributed by atoms with van der Waals surface area (Å²) in [5.41, 5.74) is -0.0365. The van der Waals surface area contributed by atoms with Gasteiger partial charge in [0.2, 0.25) is 11.8 Å². The summed E-state index contributed by atoms with van der Waals surface area (Å²) in [6.45, 7) is 7.36. The Hall–Kier alpha value is -5.96. The zero-order valence-electron chi connectivity index (χ0n) is 29.5. The number of allylic oxidation sites excluding steroid dienone is 1. The van der Waals surface area contributed by atoms with Crippen LogP contribution in [0, 0.1) is 5.41 Å².